The molecular weight excluding hydrogens is 312 g/mol. The number of benzene rings is 1. The Labute approximate surface area is 151 Å². The van der Waals surface area contributed by atoms with Gasteiger partial charge in [0.05, 0.1) is 0 Å². The van der Waals surface area contributed by atoms with Gasteiger partial charge in [0.2, 0.25) is 5.91 Å². The van der Waals surface area contributed by atoms with E-state index in [0.29, 0.717) is 18.9 Å². The van der Waals surface area contributed by atoms with Gasteiger partial charge >= 0.3 is 0 Å². The molecule has 1 aromatic rings. The van der Waals surface area contributed by atoms with E-state index in [1.807, 2.05) is 0 Å². The topological polar surface area (TPSA) is 61.6 Å². The fourth-order valence-electron chi connectivity index (χ4n) is 3.86. The van der Waals surface area contributed by atoms with E-state index in [9.17, 15) is 4.79 Å². The van der Waals surface area contributed by atoms with Crippen LogP contribution in [0.4, 0.5) is 0 Å². The zero-order valence-electron chi connectivity index (χ0n) is 15.4. The molecule has 1 aliphatic carbocycles. The van der Waals surface area contributed by atoms with Crippen LogP contribution in [0.2, 0.25) is 0 Å². The predicted octanol–water partition coefficient (Wildman–Crippen LogP) is 1.57. The summed E-state index contributed by atoms with van der Waals surface area (Å²) in [5.41, 5.74) is 8.55. The zero-order chi connectivity index (χ0) is 17.6. The van der Waals surface area contributed by atoms with Crippen molar-refractivity contribution < 1.29 is 4.79 Å². The molecule has 2 atom stereocenters. The highest BCUT2D eigenvalue weighted by molar-refractivity contribution is 5.76. The van der Waals surface area contributed by atoms with Crippen molar-refractivity contribution in [3.63, 3.8) is 0 Å². The molecule has 0 unspecified atom stereocenters. The number of likely N-dealkylation sites (N-methyl/N-ethyl adjacent to an activating group) is 1. The molecule has 1 aromatic carbocycles. The molecule has 0 radical (unpaired) electrons. The Hall–Kier alpha value is -1.43. The van der Waals surface area contributed by atoms with E-state index >= 15 is 0 Å². The summed E-state index contributed by atoms with van der Waals surface area (Å²) in [5, 5.41) is 3.04. The number of nitrogens with two attached hydrogens (primary N) is 1. The molecule has 1 aliphatic heterocycles. The van der Waals surface area contributed by atoms with Crippen LogP contribution in [-0.2, 0) is 17.9 Å². The maximum atomic E-state index is 12.1. The Morgan fingerprint density at radius 2 is 1.80 bits per heavy atom. The van der Waals surface area contributed by atoms with Gasteiger partial charge in [-0.2, -0.15) is 0 Å². The second kappa shape index (κ2) is 8.79. The normalized spacial score (nSPS) is 25.2. The van der Waals surface area contributed by atoms with Crippen molar-refractivity contribution in [1.82, 2.24) is 15.1 Å². The van der Waals surface area contributed by atoms with Gasteiger partial charge in [0.15, 0.2) is 0 Å². The molecule has 1 saturated heterocycles. The van der Waals surface area contributed by atoms with Crippen molar-refractivity contribution in [2.45, 2.75) is 44.8 Å². The van der Waals surface area contributed by atoms with Crippen LogP contribution < -0.4 is 11.1 Å². The number of carbonyl (C=O) groups is 1. The minimum Gasteiger partial charge on any atom is -0.352 e. The molecule has 0 spiro atoms. The Morgan fingerprint density at radius 1 is 1.12 bits per heavy atom. The first-order valence-electron chi connectivity index (χ1n) is 9.61. The molecule has 0 bridgehead atoms. The van der Waals surface area contributed by atoms with E-state index in [0.717, 1.165) is 57.5 Å². The van der Waals surface area contributed by atoms with Gasteiger partial charge in [0, 0.05) is 51.7 Å². The van der Waals surface area contributed by atoms with Gasteiger partial charge < -0.3 is 16.0 Å². The second-order valence-electron chi connectivity index (χ2n) is 7.73. The molecule has 2 aliphatic rings. The third-order valence-electron chi connectivity index (χ3n) is 5.68. The molecule has 138 valence electrons. The van der Waals surface area contributed by atoms with Crippen LogP contribution >= 0.6 is 0 Å². The molecule has 1 saturated carbocycles. The quantitative estimate of drug-likeness (QED) is 0.822. The largest absolute Gasteiger partial charge is 0.352 e. The highest BCUT2D eigenvalue weighted by atomic mass is 16.1. The highest BCUT2D eigenvalue weighted by Gasteiger charge is 2.25. The minimum atomic E-state index is 0.129. The van der Waals surface area contributed by atoms with E-state index in [4.69, 9.17) is 5.73 Å². The van der Waals surface area contributed by atoms with Crippen molar-refractivity contribution in [3.8, 4) is 0 Å². The number of hydrogen-bond acceptors (Lipinski definition) is 4. The SMILES string of the molecule is CN1CCN(Cc2ccc(CNC(=O)C[C@@H]3CCC[C@H]3N)cc2)CC1. The summed E-state index contributed by atoms with van der Waals surface area (Å²) in [7, 11) is 2.18. The van der Waals surface area contributed by atoms with Crippen LogP contribution in [0.5, 0.6) is 0 Å². The summed E-state index contributed by atoms with van der Waals surface area (Å²) in [6.07, 6.45) is 3.89. The maximum absolute atomic E-state index is 12.1. The van der Waals surface area contributed by atoms with Crippen LogP contribution in [0.15, 0.2) is 24.3 Å². The number of hydrogen-bond donors (Lipinski definition) is 2. The third-order valence-corrected chi connectivity index (χ3v) is 5.68. The van der Waals surface area contributed by atoms with Gasteiger partial charge in [-0.3, -0.25) is 9.69 Å². The van der Waals surface area contributed by atoms with Crippen LogP contribution in [0, 0.1) is 5.92 Å². The van der Waals surface area contributed by atoms with Crippen LogP contribution in [0.3, 0.4) is 0 Å². The highest BCUT2D eigenvalue weighted by Crippen LogP contribution is 2.26. The van der Waals surface area contributed by atoms with Crippen LogP contribution in [0.25, 0.3) is 0 Å². The van der Waals surface area contributed by atoms with E-state index in [1.165, 1.54) is 5.56 Å². The first kappa shape index (κ1) is 18.4. The first-order valence-corrected chi connectivity index (χ1v) is 9.61. The van der Waals surface area contributed by atoms with E-state index in [2.05, 4.69) is 46.4 Å². The average Bonchev–Trinajstić information content (AvgIpc) is 3.01. The van der Waals surface area contributed by atoms with Gasteiger partial charge in [0.1, 0.15) is 0 Å². The molecule has 5 nitrogen and oxygen atoms in total. The molecule has 3 N–H and O–H groups in total. The van der Waals surface area contributed by atoms with Gasteiger partial charge in [0.25, 0.3) is 0 Å². The number of piperazine rings is 1. The molecule has 1 amide bonds. The van der Waals surface area contributed by atoms with E-state index in [-0.39, 0.29) is 11.9 Å². The molecule has 2 fully saturated rings. The van der Waals surface area contributed by atoms with Crippen molar-refractivity contribution >= 4 is 5.91 Å². The standard InChI is InChI=1S/C20H32N4O/c1-23-9-11-24(12-10-23)15-17-7-5-16(6-8-17)14-22-20(25)13-18-3-2-4-19(18)21/h5-8,18-19H,2-4,9-15,21H2,1H3,(H,22,25)/t18-,19+/m0/s1. The van der Waals surface area contributed by atoms with Crippen LogP contribution in [0.1, 0.15) is 36.8 Å². The lowest BCUT2D eigenvalue weighted by Crippen LogP contribution is -2.43. The zero-order valence-corrected chi connectivity index (χ0v) is 15.4. The summed E-state index contributed by atoms with van der Waals surface area (Å²) < 4.78 is 0. The fraction of sp³-hybridized carbons (Fsp3) is 0.650. The van der Waals surface area contributed by atoms with Gasteiger partial charge in [-0.05, 0) is 36.9 Å². The number of carbonyl (C=O) groups excluding carboxylic acids is 1. The molecule has 25 heavy (non-hydrogen) atoms. The Balaban J connectivity index is 1.40. The number of nitrogens with zero attached hydrogens (tertiary/aromatic N) is 2. The lowest BCUT2D eigenvalue weighted by Gasteiger charge is -2.32. The molecular formula is C20H32N4O. The van der Waals surface area contributed by atoms with Gasteiger partial charge in [-0.1, -0.05) is 30.7 Å². The minimum absolute atomic E-state index is 0.129. The van der Waals surface area contributed by atoms with Crippen molar-refractivity contribution in [2.24, 2.45) is 11.7 Å². The fourth-order valence-corrected chi connectivity index (χ4v) is 3.86. The van der Waals surface area contributed by atoms with E-state index in [1.54, 1.807) is 0 Å². The number of rotatable bonds is 6. The van der Waals surface area contributed by atoms with Crippen LogP contribution in [-0.4, -0.2) is 55.0 Å². The Kier molecular flexibility index (Phi) is 6.45. The van der Waals surface area contributed by atoms with Crippen molar-refractivity contribution in [2.75, 3.05) is 33.2 Å². The molecule has 0 aromatic heterocycles. The Morgan fingerprint density at radius 3 is 2.44 bits per heavy atom. The van der Waals surface area contributed by atoms with Gasteiger partial charge in [-0.15, -0.1) is 0 Å². The second-order valence-corrected chi connectivity index (χ2v) is 7.73. The smallest absolute Gasteiger partial charge is 0.220 e. The number of nitrogens with one attached hydrogen (secondary N) is 1. The molecule has 3 rings (SSSR count). The van der Waals surface area contributed by atoms with Gasteiger partial charge in [-0.25, -0.2) is 0 Å². The summed E-state index contributed by atoms with van der Waals surface area (Å²) in [4.78, 5) is 17.0. The summed E-state index contributed by atoms with van der Waals surface area (Å²) >= 11 is 0. The summed E-state index contributed by atoms with van der Waals surface area (Å²) in [6.45, 7) is 6.19. The first-order chi connectivity index (χ1) is 12.1. The average molecular weight is 345 g/mol. The van der Waals surface area contributed by atoms with E-state index < -0.39 is 0 Å². The summed E-state index contributed by atoms with van der Waals surface area (Å²) in [5.74, 6) is 0.495. The van der Waals surface area contributed by atoms with Crippen molar-refractivity contribution in [3.05, 3.63) is 35.4 Å². The lowest BCUT2D eigenvalue weighted by atomic mass is 10.00. The predicted molar refractivity (Wildman–Crippen MR) is 101 cm³/mol. The molecule has 1 heterocycles. The summed E-state index contributed by atoms with van der Waals surface area (Å²) in [6, 6.07) is 8.85. The third kappa shape index (κ3) is 5.53. The Bertz CT molecular complexity index is 551. The molecule has 5 heteroatoms. The van der Waals surface area contributed by atoms with Crippen molar-refractivity contribution in [1.29, 1.82) is 0 Å². The maximum Gasteiger partial charge on any atom is 0.220 e. The number of amides is 1. The lowest BCUT2D eigenvalue weighted by molar-refractivity contribution is -0.122. The monoisotopic (exact) mass is 344 g/mol.